The fraction of sp³-hybridized carbons (Fsp3) is 0.571. The summed E-state index contributed by atoms with van der Waals surface area (Å²) in [5.74, 6) is -2.50. The van der Waals surface area contributed by atoms with Crippen molar-refractivity contribution in [3.63, 3.8) is 0 Å². The van der Waals surface area contributed by atoms with Crippen LogP contribution in [0, 0.1) is 0 Å². The van der Waals surface area contributed by atoms with Crippen molar-refractivity contribution in [3.8, 4) is 0 Å². The molecular weight excluding hydrogens is 296 g/mol. The number of rotatable bonds is 9. The third-order valence-corrected chi connectivity index (χ3v) is 2.27. The van der Waals surface area contributed by atoms with E-state index >= 15 is 0 Å². The highest BCUT2D eigenvalue weighted by molar-refractivity contribution is 5.91. The third-order valence-electron chi connectivity index (χ3n) is 2.27. The molecule has 0 N–H and O–H groups in total. The number of carbonyl (C=O) groups excluding carboxylic acids is 4. The molecule has 0 heterocycles. The van der Waals surface area contributed by atoms with Crippen molar-refractivity contribution >= 4 is 23.9 Å². The molecule has 0 aromatic heterocycles. The van der Waals surface area contributed by atoms with E-state index in [9.17, 15) is 19.2 Å². The lowest BCUT2D eigenvalue weighted by atomic mass is 10.4. The molecule has 0 rings (SSSR count). The molecule has 0 saturated carbocycles. The molecule has 8 heteroatoms. The zero-order chi connectivity index (χ0) is 17.0. The first-order valence-corrected chi connectivity index (χ1v) is 6.70. The van der Waals surface area contributed by atoms with E-state index in [2.05, 4.69) is 4.74 Å². The maximum absolute atomic E-state index is 11.4. The van der Waals surface area contributed by atoms with Gasteiger partial charge >= 0.3 is 23.9 Å². The molecule has 0 aromatic carbocycles. The molecule has 1 unspecified atom stereocenters. The Labute approximate surface area is 128 Å². The Hall–Kier alpha value is -2.38. The second kappa shape index (κ2) is 11.3. The van der Waals surface area contributed by atoms with Gasteiger partial charge in [-0.25, -0.2) is 9.59 Å². The molecule has 8 nitrogen and oxygen atoms in total. The van der Waals surface area contributed by atoms with Gasteiger partial charge in [-0.1, -0.05) is 13.8 Å². The summed E-state index contributed by atoms with van der Waals surface area (Å²) in [6, 6.07) is 0. The van der Waals surface area contributed by atoms with Crippen molar-refractivity contribution in [1.29, 1.82) is 0 Å². The van der Waals surface area contributed by atoms with Gasteiger partial charge in [0.15, 0.2) is 6.10 Å². The standard InChI is InChI=1S/C14H20O8/c1-4-11(15)20-8-10(22-12(16)5-2)9-21-14(18)7-6-13(17)19-3/h6-7,10H,4-5,8-9H2,1-3H3/b7-6+. The van der Waals surface area contributed by atoms with Crippen LogP contribution in [0.15, 0.2) is 12.2 Å². The van der Waals surface area contributed by atoms with Crippen LogP contribution in [-0.4, -0.2) is 50.3 Å². The Balaban J connectivity index is 4.40. The van der Waals surface area contributed by atoms with E-state index in [1.54, 1.807) is 13.8 Å². The molecule has 0 amide bonds. The lowest BCUT2D eigenvalue weighted by Gasteiger charge is -2.17. The number of esters is 4. The molecule has 0 aliphatic heterocycles. The fourth-order valence-corrected chi connectivity index (χ4v) is 1.10. The van der Waals surface area contributed by atoms with Crippen LogP contribution in [-0.2, 0) is 38.1 Å². The summed E-state index contributed by atoms with van der Waals surface area (Å²) in [6.07, 6.45) is 1.18. The number of methoxy groups -OCH3 is 1. The van der Waals surface area contributed by atoms with Gasteiger partial charge in [-0.3, -0.25) is 9.59 Å². The average Bonchev–Trinajstić information content (AvgIpc) is 2.53. The maximum atomic E-state index is 11.4. The summed E-state index contributed by atoms with van der Waals surface area (Å²) < 4.78 is 18.9. The molecule has 0 aromatic rings. The molecule has 0 aliphatic rings. The second-order valence-corrected chi connectivity index (χ2v) is 3.99. The van der Waals surface area contributed by atoms with E-state index in [0.717, 1.165) is 12.2 Å². The molecule has 0 aliphatic carbocycles. The first kappa shape index (κ1) is 19.6. The van der Waals surface area contributed by atoms with Crippen LogP contribution in [0.4, 0.5) is 0 Å². The first-order chi connectivity index (χ1) is 10.4. The minimum absolute atomic E-state index is 0.133. The van der Waals surface area contributed by atoms with Gasteiger partial charge in [0.1, 0.15) is 13.2 Å². The van der Waals surface area contributed by atoms with E-state index in [4.69, 9.17) is 14.2 Å². The molecule has 1 atom stereocenters. The number of hydrogen-bond donors (Lipinski definition) is 0. The molecule has 0 fully saturated rings. The van der Waals surface area contributed by atoms with Crippen molar-refractivity contribution in [1.82, 2.24) is 0 Å². The average molecular weight is 316 g/mol. The smallest absolute Gasteiger partial charge is 0.331 e. The van der Waals surface area contributed by atoms with Gasteiger partial charge in [0, 0.05) is 25.0 Å². The van der Waals surface area contributed by atoms with Gasteiger partial charge in [0.25, 0.3) is 0 Å². The predicted octanol–water partition coefficient (Wildman–Crippen LogP) is 0.534. The zero-order valence-electron chi connectivity index (χ0n) is 12.8. The molecule has 0 bridgehead atoms. The summed E-state index contributed by atoms with van der Waals surface area (Å²) in [7, 11) is 1.17. The quantitative estimate of drug-likeness (QED) is 0.345. The highest BCUT2D eigenvalue weighted by Crippen LogP contribution is 2.00. The van der Waals surface area contributed by atoms with Gasteiger partial charge in [-0.05, 0) is 0 Å². The van der Waals surface area contributed by atoms with Crippen molar-refractivity contribution < 1.29 is 38.1 Å². The third kappa shape index (κ3) is 9.51. The van der Waals surface area contributed by atoms with Crippen LogP contribution in [0.5, 0.6) is 0 Å². The Morgan fingerprint density at radius 2 is 1.41 bits per heavy atom. The van der Waals surface area contributed by atoms with Crippen molar-refractivity contribution in [2.45, 2.75) is 32.8 Å². The number of ether oxygens (including phenoxy) is 4. The molecule has 0 saturated heterocycles. The Kier molecular flexibility index (Phi) is 10.1. The molecule has 0 radical (unpaired) electrons. The van der Waals surface area contributed by atoms with Crippen LogP contribution < -0.4 is 0 Å². The van der Waals surface area contributed by atoms with Crippen LogP contribution in [0.3, 0.4) is 0 Å². The monoisotopic (exact) mass is 316 g/mol. The SMILES string of the molecule is CCC(=O)OCC(COC(=O)/C=C/C(=O)OC)OC(=O)CC. The highest BCUT2D eigenvalue weighted by atomic mass is 16.6. The molecule has 0 spiro atoms. The topological polar surface area (TPSA) is 105 Å². The van der Waals surface area contributed by atoms with Crippen molar-refractivity contribution in [3.05, 3.63) is 12.2 Å². The predicted molar refractivity (Wildman–Crippen MR) is 73.5 cm³/mol. The normalized spacial score (nSPS) is 11.6. The summed E-state index contributed by atoms with van der Waals surface area (Å²) in [5, 5.41) is 0. The van der Waals surface area contributed by atoms with Gasteiger partial charge in [-0.15, -0.1) is 0 Å². The van der Waals surface area contributed by atoms with E-state index in [1.807, 2.05) is 0 Å². The lowest BCUT2D eigenvalue weighted by molar-refractivity contribution is -0.165. The summed E-state index contributed by atoms with van der Waals surface area (Å²) in [5.41, 5.74) is 0. The Morgan fingerprint density at radius 3 is 1.95 bits per heavy atom. The maximum Gasteiger partial charge on any atom is 0.331 e. The van der Waals surface area contributed by atoms with Crippen molar-refractivity contribution in [2.75, 3.05) is 20.3 Å². The Morgan fingerprint density at radius 1 is 0.864 bits per heavy atom. The van der Waals surface area contributed by atoms with E-state index in [0.29, 0.717) is 0 Å². The van der Waals surface area contributed by atoms with Gasteiger partial charge < -0.3 is 18.9 Å². The van der Waals surface area contributed by atoms with Crippen LogP contribution in [0.25, 0.3) is 0 Å². The minimum Gasteiger partial charge on any atom is -0.466 e. The number of carbonyl (C=O) groups is 4. The highest BCUT2D eigenvalue weighted by Gasteiger charge is 2.17. The lowest BCUT2D eigenvalue weighted by Crippen LogP contribution is -2.30. The summed E-state index contributed by atoms with van der Waals surface area (Å²) >= 11 is 0. The second-order valence-electron chi connectivity index (χ2n) is 3.99. The van der Waals surface area contributed by atoms with Crippen LogP contribution in [0.1, 0.15) is 26.7 Å². The summed E-state index contributed by atoms with van der Waals surface area (Å²) in [4.78, 5) is 44.5. The summed E-state index contributed by atoms with van der Waals surface area (Å²) in [6.45, 7) is 2.70. The van der Waals surface area contributed by atoms with Gasteiger partial charge in [0.05, 0.1) is 7.11 Å². The van der Waals surface area contributed by atoms with Crippen molar-refractivity contribution in [2.24, 2.45) is 0 Å². The Bertz CT molecular complexity index is 427. The largest absolute Gasteiger partial charge is 0.466 e. The zero-order valence-corrected chi connectivity index (χ0v) is 12.8. The first-order valence-electron chi connectivity index (χ1n) is 6.70. The van der Waals surface area contributed by atoms with Crippen LogP contribution >= 0.6 is 0 Å². The van der Waals surface area contributed by atoms with E-state index in [1.165, 1.54) is 7.11 Å². The number of hydrogen-bond acceptors (Lipinski definition) is 8. The molecule has 22 heavy (non-hydrogen) atoms. The van der Waals surface area contributed by atoms with Gasteiger partial charge in [0.2, 0.25) is 0 Å². The molecular formula is C14H20O8. The van der Waals surface area contributed by atoms with E-state index < -0.39 is 30.0 Å². The minimum atomic E-state index is -0.904. The van der Waals surface area contributed by atoms with Gasteiger partial charge in [-0.2, -0.15) is 0 Å². The van der Waals surface area contributed by atoms with Crippen LogP contribution in [0.2, 0.25) is 0 Å². The van der Waals surface area contributed by atoms with E-state index in [-0.39, 0.29) is 26.1 Å². The molecule has 124 valence electrons. The fourth-order valence-electron chi connectivity index (χ4n) is 1.10.